The first-order valence-corrected chi connectivity index (χ1v) is 12.6. The first-order valence-electron chi connectivity index (χ1n) is 10.6. The molecule has 0 fully saturated rings. The lowest BCUT2D eigenvalue weighted by Crippen LogP contribution is -2.28. The summed E-state index contributed by atoms with van der Waals surface area (Å²) in [5.41, 5.74) is 8.82. The lowest BCUT2D eigenvalue weighted by atomic mass is 10.0. The van der Waals surface area contributed by atoms with Crippen molar-refractivity contribution in [3.63, 3.8) is 0 Å². The van der Waals surface area contributed by atoms with Crippen molar-refractivity contribution in [3.8, 4) is 16.9 Å². The third kappa shape index (κ3) is 5.00. The van der Waals surface area contributed by atoms with Crippen LogP contribution in [0.5, 0.6) is 5.75 Å². The van der Waals surface area contributed by atoms with Crippen LogP contribution < -0.4 is 10.5 Å². The second-order valence-corrected chi connectivity index (χ2v) is 8.86. The van der Waals surface area contributed by atoms with Crippen LogP contribution in [-0.4, -0.2) is 50.0 Å². The molecule has 0 radical (unpaired) electrons. The maximum absolute atomic E-state index is 12.5. The molecule has 2 N–H and O–H groups in total. The minimum absolute atomic E-state index is 0.308. The fourth-order valence-electron chi connectivity index (χ4n) is 3.61. The van der Waals surface area contributed by atoms with Crippen LogP contribution in [0, 0.1) is 0 Å². The minimum Gasteiger partial charge on any atom is -0.490 e. The number of hydrogen-bond acceptors (Lipinski definition) is 7. The summed E-state index contributed by atoms with van der Waals surface area (Å²) in [5, 5.41) is 1.24. The smallest absolute Gasteiger partial charge is 0.341 e. The van der Waals surface area contributed by atoms with Crippen LogP contribution in [0.25, 0.3) is 21.2 Å². The highest BCUT2D eigenvalue weighted by atomic mass is 32.2. The van der Waals surface area contributed by atoms with Gasteiger partial charge in [0.2, 0.25) is 0 Å². The Balaban J connectivity index is 2.13. The first kappa shape index (κ1) is 23.4. The fraction of sp³-hybridized carbons (Fsp3) is 0.375. The lowest BCUT2D eigenvalue weighted by Gasteiger charge is -2.20. The van der Waals surface area contributed by atoms with E-state index in [1.54, 1.807) is 18.7 Å². The summed E-state index contributed by atoms with van der Waals surface area (Å²) in [6.45, 7) is 9.74. The Bertz CT molecular complexity index is 1040. The molecule has 0 aliphatic carbocycles. The predicted molar refractivity (Wildman–Crippen MR) is 133 cm³/mol. The summed E-state index contributed by atoms with van der Waals surface area (Å²) in [4.78, 5) is 16.0. The van der Waals surface area contributed by atoms with Crippen molar-refractivity contribution in [2.45, 2.75) is 25.7 Å². The molecular formula is C24H30N2O3S2. The maximum Gasteiger partial charge on any atom is 0.341 e. The molecule has 0 bridgehead atoms. The number of carbonyl (C=O) groups excluding carboxylic acids is 1. The van der Waals surface area contributed by atoms with E-state index < -0.39 is 5.97 Å². The molecular weight excluding hydrogens is 428 g/mol. The van der Waals surface area contributed by atoms with E-state index in [9.17, 15) is 4.79 Å². The van der Waals surface area contributed by atoms with Gasteiger partial charge in [0.1, 0.15) is 22.9 Å². The molecule has 0 amide bonds. The van der Waals surface area contributed by atoms with Crippen LogP contribution in [-0.2, 0) is 4.74 Å². The number of nitrogen functional groups attached to an aromatic ring is 1. The van der Waals surface area contributed by atoms with Gasteiger partial charge in [-0.25, -0.2) is 4.79 Å². The zero-order chi connectivity index (χ0) is 22.4. The second kappa shape index (κ2) is 10.9. The fourth-order valence-corrected chi connectivity index (χ4v) is 5.28. The largest absolute Gasteiger partial charge is 0.490 e. The number of rotatable bonds is 10. The van der Waals surface area contributed by atoms with Gasteiger partial charge in [-0.2, -0.15) is 0 Å². The van der Waals surface area contributed by atoms with Crippen molar-refractivity contribution < 1.29 is 14.3 Å². The molecule has 0 spiro atoms. The number of esters is 1. The number of nitrogens with zero attached hydrogens (tertiary/aromatic N) is 1. The number of carbonyl (C=O) groups is 1. The topological polar surface area (TPSA) is 64.8 Å². The molecule has 0 aliphatic rings. The molecule has 31 heavy (non-hydrogen) atoms. The van der Waals surface area contributed by atoms with E-state index in [1.165, 1.54) is 16.2 Å². The van der Waals surface area contributed by atoms with Gasteiger partial charge in [-0.15, -0.1) is 23.1 Å². The third-order valence-corrected chi connectivity index (χ3v) is 7.09. The molecule has 2 aromatic carbocycles. The summed E-state index contributed by atoms with van der Waals surface area (Å²) in [6, 6.07) is 12.3. The molecule has 0 atom stereocenters. The highest BCUT2D eigenvalue weighted by Crippen LogP contribution is 2.46. The summed E-state index contributed by atoms with van der Waals surface area (Å²) in [7, 11) is 0. The number of fused-ring (bicyclic) bond motifs is 1. The van der Waals surface area contributed by atoms with E-state index in [1.807, 2.05) is 24.3 Å². The predicted octanol–water partition coefficient (Wildman–Crippen LogP) is 5.77. The van der Waals surface area contributed by atoms with Gasteiger partial charge in [-0.3, -0.25) is 0 Å². The molecule has 0 saturated heterocycles. The van der Waals surface area contributed by atoms with E-state index in [4.69, 9.17) is 15.2 Å². The van der Waals surface area contributed by atoms with E-state index >= 15 is 0 Å². The molecule has 0 saturated carbocycles. The van der Waals surface area contributed by atoms with Gasteiger partial charge in [0.05, 0.1) is 11.3 Å². The zero-order valence-electron chi connectivity index (χ0n) is 18.6. The Kier molecular flexibility index (Phi) is 8.23. The monoisotopic (exact) mass is 458 g/mol. The van der Waals surface area contributed by atoms with Crippen molar-refractivity contribution in [1.29, 1.82) is 0 Å². The summed E-state index contributed by atoms with van der Waals surface area (Å²) < 4.78 is 12.5. The molecule has 3 aromatic rings. The highest BCUT2D eigenvalue weighted by Gasteiger charge is 2.23. The van der Waals surface area contributed by atoms with Crippen molar-refractivity contribution in [2.24, 2.45) is 0 Å². The zero-order valence-corrected chi connectivity index (χ0v) is 20.2. The lowest BCUT2D eigenvalue weighted by molar-refractivity contribution is 0.0530. The third-order valence-electron chi connectivity index (χ3n) is 5.26. The van der Waals surface area contributed by atoms with Crippen molar-refractivity contribution in [3.05, 3.63) is 42.0 Å². The van der Waals surface area contributed by atoms with Gasteiger partial charge >= 0.3 is 5.97 Å². The molecule has 3 rings (SSSR count). The number of likely N-dealkylation sites (N-methyl/N-ethyl adjacent to an activating group) is 1. The molecule has 1 heterocycles. The van der Waals surface area contributed by atoms with Crippen molar-refractivity contribution in [1.82, 2.24) is 4.90 Å². The van der Waals surface area contributed by atoms with Gasteiger partial charge in [0.25, 0.3) is 0 Å². The Morgan fingerprint density at radius 2 is 1.84 bits per heavy atom. The number of benzene rings is 2. The molecule has 166 valence electrons. The van der Waals surface area contributed by atoms with Gasteiger partial charge in [0.15, 0.2) is 0 Å². The Morgan fingerprint density at radius 3 is 2.52 bits per heavy atom. The molecule has 0 unspecified atom stereocenters. The van der Waals surface area contributed by atoms with Gasteiger partial charge in [-0.1, -0.05) is 38.1 Å². The van der Waals surface area contributed by atoms with E-state index in [0.29, 0.717) is 23.8 Å². The second-order valence-electron chi connectivity index (χ2n) is 6.96. The van der Waals surface area contributed by atoms with Gasteiger partial charge in [0, 0.05) is 22.4 Å². The number of hydrogen-bond donors (Lipinski definition) is 1. The number of thiophene rings is 1. The normalized spacial score (nSPS) is 11.3. The number of anilines is 1. The van der Waals surface area contributed by atoms with Crippen LogP contribution in [0.4, 0.5) is 5.00 Å². The molecule has 0 aliphatic heterocycles. The summed E-state index contributed by atoms with van der Waals surface area (Å²) in [6.07, 6.45) is 2.07. The number of thioether (sulfide) groups is 1. The SMILES string of the molecule is CCOC(=O)c1c(N)sc2c(OCCN(CC)CC)c(-c3ccccc3SC)ccc12. The van der Waals surface area contributed by atoms with E-state index in [-0.39, 0.29) is 0 Å². The summed E-state index contributed by atoms with van der Waals surface area (Å²) >= 11 is 3.08. The van der Waals surface area contributed by atoms with Crippen LogP contribution in [0.1, 0.15) is 31.1 Å². The minimum atomic E-state index is -0.391. The van der Waals surface area contributed by atoms with Crippen molar-refractivity contribution in [2.75, 3.05) is 44.8 Å². The average molecular weight is 459 g/mol. The first-order chi connectivity index (χ1) is 15.0. The van der Waals surface area contributed by atoms with Gasteiger partial charge in [-0.05, 0) is 44.0 Å². The number of ether oxygens (including phenoxy) is 2. The van der Waals surface area contributed by atoms with Crippen LogP contribution in [0.15, 0.2) is 41.3 Å². The maximum atomic E-state index is 12.5. The highest BCUT2D eigenvalue weighted by molar-refractivity contribution is 7.98. The Hall–Kier alpha value is -2.22. The Morgan fingerprint density at radius 1 is 1.10 bits per heavy atom. The standard InChI is InChI=1S/C24H30N2O3S2/c1-5-26(6-2)14-15-29-21-17(16-10-8-9-11-19(16)30-4)12-13-18-20(24(27)28-7-3)23(25)31-22(18)21/h8-13H,5-7,14-15,25H2,1-4H3. The van der Waals surface area contributed by atoms with Crippen LogP contribution in [0.3, 0.4) is 0 Å². The quantitative estimate of drug-likeness (QED) is 0.307. The summed E-state index contributed by atoms with van der Waals surface area (Å²) in [5.74, 6) is 0.385. The van der Waals surface area contributed by atoms with Crippen LogP contribution in [0.2, 0.25) is 0 Å². The average Bonchev–Trinajstić information content (AvgIpc) is 3.13. The molecule has 1 aromatic heterocycles. The van der Waals surface area contributed by atoms with Crippen molar-refractivity contribution >= 4 is 44.2 Å². The molecule has 5 nitrogen and oxygen atoms in total. The Labute approximate surface area is 192 Å². The van der Waals surface area contributed by atoms with E-state index in [0.717, 1.165) is 46.6 Å². The van der Waals surface area contributed by atoms with E-state index in [2.05, 4.69) is 37.1 Å². The van der Waals surface area contributed by atoms with Crippen LogP contribution >= 0.6 is 23.1 Å². The number of nitrogens with two attached hydrogens (primary N) is 1. The molecule has 7 heteroatoms. The van der Waals surface area contributed by atoms with Gasteiger partial charge < -0.3 is 20.1 Å².